The summed E-state index contributed by atoms with van der Waals surface area (Å²) in [6.45, 7) is 0.792. The van der Waals surface area contributed by atoms with Gasteiger partial charge in [-0.3, -0.25) is 4.79 Å². The molecule has 0 spiro atoms. The maximum Gasteiger partial charge on any atom is 0.422 e. The van der Waals surface area contributed by atoms with Crippen LogP contribution in [0.1, 0.15) is 84.0 Å². The van der Waals surface area contributed by atoms with Gasteiger partial charge in [-0.05, 0) is 56.3 Å². The van der Waals surface area contributed by atoms with Crippen LogP contribution in [0.15, 0.2) is 0 Å². The molecule has 2 fully saturated rings. The van der Waals surface area contributed by atoms with Crippen molar-refractivity contribution >= 4 is 5.97 Å². The highest BCUT2D eigenvalue weighted by Crippen LogP contribution is 2.42. The zero-order valence-corrected chi connectivity index (χ0v) is 15.5. The van der Waals surface area contributed by atoms with Gasteiger partial charge in [-0.1, -0.05) is 45.4 Å². The predicted molar refractivity (Wildman–Crippen MR) is 92.1 cm³/mol. The summed E-state index contributed by atoms with van der Waals surface area (Å²) in [5, 5.41) is 0. The minimum Gasteiger partial charge on any atom is -0.456 e. The van der Waals surface area contributed by atoms with E-state index in [0.29, 0.717) is 18.8 Å². The van der Waals surface area contributed by atoms with Gasteiger partial charge in [-0.25, -0.2) is 0 Å². The van der Waals surface area contributed by atoms with Crippen molar-refractivity contribution in [3.05, 3.63) is 0 Å². The van der Waals surface area contributed by atoms with Crippen LogP contribution in [0.3, 0.4) is 0 Å². The van der Waals surface area contributed by atoms with Crippen LogP contribution in [0.2, 0.25) is 0 Å². The van der Waals surface area contributed by atoms with Gasteiger partial charge in [0.25, 0.3) is 0 Å². The first-order valence-electron chi connectivity index (χ1n) is 10.1. The SMILES string of the molecule is CCCCCC1CCC(C2CCC(C(=O)OCC(F)(F)F)CC2)CC1. The summed E-state index contributed by atoms with van der Waals surface area (Å²) in [7, 11) is 0. The third kappa shape index (κ3) is 7.18. The van der Waals surface area contributed by atoms with Crippen LogP contribution in [0.5, 0.6) is 0 Å². The quantitative estimate of drug-likeness (QED) is 0.393. The fraction of sp³-hybridized carbons (Fsp3) is 0.950. The van der Waals surface area contributed by atoms with E-state index in [-0.39, 0.29) is 5.92 Å². The molecule has 2 aliphatic rings. The van der Waals surface area contributed by atoms with Gasteiger partial charge < -0.3 is 4.74 Å². The Morgan fingerprint density at radius 3 is 2.00 bits per heavy atom. The molecule has 2 aliphatic carbocycles. The van der Waals surface area contributed by atoms with E-state index in [9.17, 15) is 18.0 Å². The van der Waals surface area contributed by atoms with Crippen molar-refractivity contribution in [2.75, 3.05) is 6.61 Å². The van der Waals surface area contributed by atoms with Gasteiger partial charge >= 0.3 is 12.1 Å². The van der Waals surface area contributed by atoms with Crippen molar-refractivity contribution in [1.82, 2.24) is 0 Å². The smallest absolute Gasteiger partial charge is 0.422 e. The monoisotopic (exact) mass is 362 g/mol. The molecule has 0 saturated heterocycles. The molecule has 0 aromatic heterocycles. The molecule has 0 atom stereocenters. The van der Waals surface area contributed by atoms with Crippen LogP contribution in [0.25, 0.3) is 0 Å². The summed E-state index contributed by atoms with van der Waals surface area (Å²) in [5.74, 6) is 1.33. The van der Waals surface area contributed by atoms with Gasteiger partial charge in [0, 0.05) is 0 Å². The van der Waals surface area contributed by atoms with Crippen molar-refractivity contribution < 1.29 is 22.7 Å². The van der Waals surface area contributed by atoms with E-state index in [0.717, 1.165) is 24.7 Å². The Morgan fingerprint density at radius 2 is 1.48 bits per heavy atom. The number of hydrogen-bond donors (Lipinski definition) is 0. The molecular formula is C20H33F3O2. The lowest BCUT2D eigenvalue weighted by atomic mass is 9.68. The van der Waals surface area contributed by atoms with Gasteiger partial charge in [0.05, 0.1) is 5.92 Å². The Labute approximate surface area is 149 Å². The van der Waals surface area contributed by atoms with E-state index < -0.39 is 18.8 Å². The zero-order valence-electron chi connectivity index (χ0n) is 15.5. The van der Waals surface area contributed by atoms with Gasteiger partial charge in [-0.15, -0.1) is 0 Å². The van der Waals surface area contributed by atoms with Crippen LogP contribution >= 0.6 is 0 Å². The van der Waals surface area contributed by atoms with Crippen LogP contribution in [0.4, 0.5) is 13.2 Å². The Morgan fingerprint density at radius 1 is 0.920 bits per heavy atom. The predicted octanol–water partition coefficient (Wildman–Crippen LogP) is 6.29. The van der Waals surface area contributed by atoms with Crippen LogP contribution in [0, 0.1) is 23.7 Å². The van der Waals surface area contributed by atoms with Gasteiger partial charge in [0.1, 0.15) is 0 Å². The van der Waals surface area contributed by atoms with Crippen molar-refractivity contribution in [2.45, 2.75) is 90.1 Å². The molecule has 0 heterocycles. The molecule has 2 saturated carbocycles. The molecule has 0 radical (unpaired) electrons. The number of esters is 1. The first-order chi connectivity index (χ1) is 11.9. The largest absolute Gasteiger partial charge is 0.456 e. The third-order valence-corrected chi connectivity index (χ3v) is 6.26. The highest BCUT2D eigenvalue weighted by molar-refractivity contribution is 5.72. The number of halogens is 3. The maximum atomic E-state index is 12.1. The lowest BCUT2D eigenvalue weighted by Gasteiger charge is -2.37. The Kier molecular flexibility index (Phi) is 8.08. The summed E-state index contributed by atoms with van der Waals surface area (Å²) in [5.41, 5.74) is 0. The average molecular weight is 362 g/mol. The van der Waals surface area contributed by atoms with Crippen molar-refractivity contribution in [2.24, 2.45) is 23.7 Å². The van der Waals surface area contributed by atoms with E-state index in [1.807, 2.05) is 0 Å². The average Bonchev–Trinajstić information content (AvgIpc) is 2.60. The lowest BCUT2D eigenvalue weighted by molar-refractivity contribution is -0.190. The standard InChI is InChI=1S/C20H33F3O2/c1-2-3-4-5-15-6-8-16(9-7-15)17-10-12-18(13-11-17)19(24)25-14-20(21,22)23/h15-18H,2-14H2,1H3. The van der Waals surface area contributed by atoms with Crippen LogP contribution in [-0.2, 0) is 9.53 Å². The molecule has 0 N–H and O–H groups in total. The van der Waals surface area contributed by atoms with Crippen molar-refractivity contribution in [1.29, 1.82) is 0 Å². The fourth-order valence-electron chi connectivity index (χ4n) is 4.73. The third-order valence-electron chi connectivity index (χ3n) is 6.26. The van der Waals surface area contributed by atoms with Gasteiger partial charge in [0.15, 0.2) is 6.61 Å². The molecule has 0 aliphatic heterocycles. The number of hydrogen-bond acceptors (Lipinski definition) is 2. The second kappa shape index (κ2) is 9.82. The molecule has 25 heavy (non-hydrogen) atoms. The highest BCUT2D eigenvalue weighted by atomic mass is 19.4. The second-order valence-electron chi connectivity index (χ2n) is 8.11. The van der Waals surface area contributed by atoms with Crippen LogP contribution in [-0.4, -0.2) is 18.8 Å². The highest BCUT2D eigenvalue weighted by Gasteiger charge is 2.35. The Balaban J connectivity index is 1.64. The summed E-state index contributed by atoms with van der Waals surface area (Å²) >= 11 is 0. The molecule has 146 valence electrons. The summed E-state index contributed by atoms with van der Waals surface area (Å²) in [4.78, 5) is 11.8. The van der Waals surface area contributed by atoms with Gasteiger partial charge in [-0.2, -0.15) is 13.2 Å². The minimum atomic E-state index is -4.43. The molecular weight excluding hydrogens is 329 g/mol. The van der Waals surface area contributed by atoms with Crippen molar-refractivity contribution in [3.8, 4) is 0 Å². The molecule has 0 aromatic rings. The van der Waals surface area contributed by atoms with Gasteiger partial charge in [0.2, 0.25) is 0 Å². The van der Waals surface area contributed by atoms with E-state index in [4.69, 9.17) is 0 Å². The molecule has 0 bridgehead atoms. The fourth-order valence-corrected chi connectivity index (χ4v) is 4.73. The van der Waals surface area contributed by atoms with Crippen LogP contribution < -0.4 is 0 Å². The van der Waals surface area contributed by atoms with E-state index in [1.165, 1.54) is 51.4 Å². The molecule has 0 unspecified atom stereocenters. The number of carbonyl (C=O) groups is 1. The molecule has 0 amide bonds. The summed E-state index contributed by atoms with van der Waals surface area (Å²) in [6.07, 6.45) is 9.51. The Bertz CT molecular complexity index is 392. The number of ether oxygens (including phenoxy) is 1. The van der Waals surface area contributed by atoms with E-state index >= 15 is 0 Å². The Hall–Kier alpha value is -0.740. The zero-order chi connectivity index (χ0) is 18.3. The van der Waals surface area contributed by atoms with E-state index in [1.54, 1.807) is 0 Å². The summed E-state index contributed by atoms with van der Waals surface area (Å²) < 4.78 is 40.8. The van der Waals surface area contributed by atoms with E-state index in [2.05, 4.69) is 11.7 Å². The molecule has 0 aromatic carbocycles. The molecule has 5 heteroatoms. The first-order valence-corrected chi connectivity index (χ1v) is 10.1. The number of carbonyl (C=O) groups excluding carboxylic acids is 1. The maximum absolute atomic E-state index is 12.1. The second-order valence-corrected chi connectivity index (χ2v) is 8.11. The number of rotatable bonds is 7. The number of alkyl halides is 3. The molecule has 2 rings (SSSR count). The van der Waals surface area contributed by atoms with Crippen molar-refractivity contribution in [3.63, 3.8) is 0 Å². The lowest BCUT2D eigenvalue weighted by Crippen LogP contribution is -2.30. The number of unbranched alkanes of at least 4 members (excludes halogenated alkanes) is 2. The molecule has 2 nitrogen and oxygen atoms in total. The summed E-state index contributed by atoms with van der Waals surface area (Å²) in [6, 6.07) is 0. The first kappa shape index (κ1) is 20.6. The topological polar surface area (TPSA) is 26.3 Å². The normalized spacial score (nSPS) is 30.9. The minimum absolute atomic E-state index is 0.330.